The van der Waals surface area contributed by atoms with E-state index >= 15 is 0 Å². The van der Waals surface area contributed by atoms with Crippen LogP contribution in [0.4, 0.5) is 17.1 Å². The number of nitro groups is 1. The Morgan fingerprint density at radius 3 is 2.45 bits per heavy atom. The summed E-state index contributed by atoms with van der Waals surface area (Å²) in [4.78, 5) is 46.6. The van der Waals surface area contributed by atoms with Crippen molar-refractivity contribution in [1.82, 2.24) is 4.57 Å². The van der Waals surface area contributed by atoms with Crippen LogP contribution in [0, 0.1) is 17.0 Å². The lowest BCUT2D eigenvalue weighted by Gasteiger charge is -2.10. The molecular formula is C21H18N4O6. The Kier molecular flexibility index (Phi) is 6.10. The van der Waals surface area contributed by atoms with Crippen LogP contribution in [0.15, 0.2) is 65.6 Å². The number of nitrogens with zero attached hydrogens (tertiary/aromatic N) is 2. The van der Waals surface area contributed by atoms with Crippen molar-refractivity contribution < 1.29 is 19.6 Å². The molecule has 0 saturated carbocycles. The molecule has 0 atom stereocenters. The number of aryl methyl sites for hydroxylation is 1. The molecule has 0 radical (unpaired) electrons. The number of carbonyl (C=O) groups excluding carboxylic acids is 2. The molecule has 0 aliphatic carbocycles. The standard InChI is InChI=1S/C21H18N4O6/c1-13-2-9-20(28)24(11-13)12-19(27)22-15-5-3-14(4-6-15)21(29)23-17-10-16(25(30)31)7-8-18(17)26/h2-11,26H,12H2,1H3,(H,22,27)(H,23,29). The van der Waals surface area contributed by atoms with E-state index in [1.165, 1.54) is 34.9 Å². The van der Waals surface area contributed by atoms with Gasteiger partial charge in [0.25, 0.3) is 17.2 Å². The number of aromatic nitrogens is 1. The zero-order valence-electron chi connectivity index (χ0n) is 16.4. The predicted octanol–water partition coefficient (Wildman–Crippen LogP) is 2.66. The highest BCUT2D eigenvalue weighted by atomic mass is 16.6. The van der Waals surface area contributed by atoms with E-state index in [0.717, 1.165) is 23.8 Å². The fourth-order valence-electron chi connectivity index (χ4n) is 2.77. The molecule has 10 heteroatoms. The molecule has 158 valence electrons. The number of pyridine rings is 1. The number of carbonyl (C=O) groups is 2. The van der Waals surface area contributed by atoms with E-state index in [4.69, 9.17) is 0 Å². The first kappa shape index (κ1) is 21.2. The maximum Gasteiger partial charge on any atom is 0.271 e. The Morgan fingerprint density at radius 2 is 1.77 bits per heavy atom. The summed E-state index contributed by atoms with van der Waals surface area (Å²) in [6.07, 6.45) is 1.58. The van der Waals surface area contributed by atoms with E-state index < -0.39 is 16.7 Å². The molecule has 1 aromatic heterocycles. The Morgan fingerprint density at radius 1 is 1.06 bits per heavy atom. The summed E-state index contributed by atoms with van der Waals surface area (Å²) >= 11 is 0. The molecule has 10 nitrogen and oxygen atoms in total. The first-order chi connectivity index (χ1) is 14.7. The number of hydrogen-bond donors (Lipinski definition) is 3. The number of benzene rings is 2. The third kappa shape index (κ3) is 5.32. The van der Waals surface area contributed by atoms with Crippen LogP contribution in [0.1, 0.15) is 15.9 Å². The number of non-ortho nitro benzene ring substituents is 1. The maximum absolute atomic E-state index is 12.4. The number of rotatable bonds is 6. The Labute approximate surface area is 175 Å². The van der Waals surface area contributed by atoms with Gasteiger partial charge in [-0.25, -0.2) is 0 Å². The van der Waals surface area contributed by atoms with Gasteiger partial charge < -0.3 is 20.3 Å². The molecule has 0 unspecified atom stereocenters. The van der Waals surface area contributed by atoms with Crippen molar-refractivity contribution in [2.24, 2.45) is 0 Å². The first-order valence-electron chi connectivity index (χ1n) is 9.09. The molecule has 0 aliphatic rings. The van der Waals surface area contributed by atoms with Crippen LogP contribution in [0.25, 0.3) is 0 Å². The molecule has 0 fully saturated rings. The summed E-state index contributed by atoms with van der Waals surface area (Å²) in [6.45, 7) is 1.65. The summed E-state index contributed by atoms with van der Waals surface area (Å²) in [6, 6.07) is 12.2. The van der Waals surface area contributed by atoms with Gasteiger partial charge in [-0.3, -0.25) is 24.5 Å². The lowest BCUT2D eigenvalue weighted by molar-refractivity contribution is -0.384. The molecule has 31 heavy (non-hydrogen) atoms. The molecule has 3 rings (SSSR count). The molecule has 0 spiro atoms. The summed E-state index contributed by atoms with van der Waals surface area (Å²) in [5, 5.41) is 25.7. The highest BCUT2D eigenvalue weighted by Gasteiger charge is 2.14. The Hall–Kier alpha value is -4.47. The van der Waals surface area contributed by atoms with E-state index in [0.29, 0.717) is 5.69 Å². The van der Waals surface area contributed by atoms with Gasteiger partial charge in [0.05, 0.1) is 10.6 Å². The summed E-state index contributed by atoms with van der Waals surface area (Å²) in [5.74, 6) is -1.32. The lowest BCUT2D eigenvalue weighted by atomic mass is 10.1. The van der Waals surface area contributed by atoms with Crippen LogP contribution in [0.2, 0.25) is 0 Å². The van der Waals surface area contributed by atoms with Crippen LogP contribution in [-0.2, 0) is 11.3 Å². The van der Waals surface area contributed by atoms with Crippen molar-refractivity contribution in [2.75, 3.05) is 10.6 Å². The minimum Gasteiger partial charge on any atom is -0.506 e. The second-order valence-corrected chi connectivity index (χ2v) is 6.71. The zero-order chi connectivity index (χ0) is 22.5. The van der Waals surface area contributed by atoms with Crippen LogP contribution < -0.4 is 16.2 Å². The average molecular weight is 422 g/mol. The molecule has 3 N–H and O–H groups in total. The van der Waals surface area contributed by atoms with Crippen LogP contribution >= 0.6 is 0 Å². The smallest absolute Gasteiger partial charge is 0.271 e. The Balaban J connectivity index is 1.66. The quantitative estimate of drug-likeness (QED) is 0.316. The third-order valence-corrected chi connectivity index (χ3v) is 4.32. The van der Waals surface area contributed by atoms with E-state index in [9.17, 15) is 29.6 Å². The molecule has 2 aromatic carbocycles. The zero-order valence-corrected chi connectivity index (χ0v) is 16.4. The minimum atomic E-state index is -0.641. The monoisotopic (exact) mass is 422 g/mol. The number of anilines is 2. The van der Waals surface area contributed by atoms with Gasteiger partial charge in [-0.2, -0.15) is 0 Å². The van der Waals surface area contributed by atoms with Gasteiger partial charge in [0.1, 0.15) is 12.3 Å². The fraction of sp³-hybridized carbons (Fsp3) is 0.0952. The number of amides is 2. The number of phenolic OH excluding ortho intramolecular Hbond substituents is 1. The van der Waals surface area contributed by atoms with E-state index in [1.807, 2.05) is 6.92 Å². The van der Waals surface area contributed by atoms with Crippen LogP contribution in [0.3, 0.4) is 0 Å². The lowest BCUT2D eigenvalue weighted by Crippen LogP contribution is -2.26. The number of phenols is 1. The van der Waals surface area contributed by atoms with Crippen LogP contribution in [0.5, 0.6) is 5.75 Å². The van der Waals surface area contributed by atoms with Gasteiger partial charge in [0.15, 0.2) is 0 Å². The van der Waals surface area contributed by atoms with E-state index in [2.05, 4.69) is 10.6 Å². The van der Waals surface area contributed by atoms with Crippen molar-refractivity contribution in [3.8, 4) is 5.75 Å². The molecule has 2 amide bonds. The largest absolute Gasteiger partial charge is 0.506 e. The van der Waals surface area contributed by atoms with E-state index in [-0.39, 0.29) is 34.8 Å². The SMILES string of the molecule is Cc1ccc(=O)n(CC(=O)Nc2ccc(C(=O)Nc3cc([N+](=O)[O-])ccc3O)cc2)c1. The van der Waals surface area contributed by atoms with Gasteiger partial charge in [-0.1, -0.05) is 6.07 Å². The third-order valence-electron chi connectivity index (χ3n) is 4.32. The maximum atomic E-state index is 12.4. The normalized spacial score (nSPS) is 10.4. The topological polar surface area (TPSA) is 144 Å². The van der Waals surface area contributed by atoms with Crippen molar-refractivity contribution >= 4 is 28.9 Å². The average Bonchev–Trinajstić information content (AvgIpc) is 2.72. The number of hydrogen-bond acceptors (Lipinski definition) is 6. The molecule has 0 saturated heterocycles. The van der Waals surface area contributed by atoms with Gasteiger partial charge in [-0.05, 0) is 42.8 Å². The van der Waals surface area contributed by atoms with Gasteiger partial charge in [-0.15, -0.1) is 0 Å². The molecule has 3 aromatic rings. The molecular weight excluding hydrogens is 404 g/mol. The Bertz CT molecular complexity index is 1220. The van der Waals surface area contributed by atoms with Crippen molar-refractivity contribution in [3.05, 3.63) is 92.4 Å². The number of nitrogens with one attached hydrogen (secondary N) is 2. The van der Waals surface area contributed by atoms with Crippen molar-refractivity contribution in [3.63, 3.8) is 0 Å². The van der Waals surface area contributed by atoms with E-state index in [1.54, 1.807) is 12.3 Å². The highest BCUT2D eigenvalue weighted by Crippen LogP contribution is 2.28. The van der Waals surface area contributed by atoms with Crippen molar-refractivity contribution in [2.45, 2.75) is 13.5 Å². The summed E-state index contributed by atoms with van der Waals surface area (Å²) in [5.41, 5.74) is 0.799. The van der Waals surface area contributed by atoms with Gasteiger partial charge >= 0.3 is 0 Å². The second-order valence-electron chi connectivity index (χ2n) is 6.71. The fourth-order valence-corrected chi connectivity index (χ4v) is 2.77. The van der Waals surface area contributed by atoms with Gasteiger partial charge in [0.2, 0.25) is 5.91 Å². The molecule has 1 heterocycles. The van der Waals surface area contributed by atoms with Crippen molar-refractivity contribution in [1.29, 1.82) is 0 Å². The number of aromatic hydroxyl groups is 1. The van der Waals surface area contributed by atoms with Crippen LogP contribution in [-0.4, -0.2) is 26.4 Å². The predicted molar refractivity (Wildman–Crippen MR) is 113 cm³/mol. The molecule has 0 aliphatic heterocycles. The highest BCUT2D eigenvalue weighted by molar-refractivity contribution is 6.05. The second kappa shape index (κ2) is 8.91. The number of nitro benzene ring substituents is 1. The summed E-state index contributed by atoms with van der Waals surface area (Å²) < 4.78 is 1.29. The summed E-state index contributed by atoms with van der Waals surface area (Å²) in [7, 11) is 0. The molecule has 0 bridgehead atoms. The minimum absolute atomic E-state index is 0.0971. The van der Waals surface area contributed by atoms with Gasteiger partial charge in [0, 0.05) is 35.6 Å². The first-order valence-corrected chi connectivity index (χ1v) is 9.09.